The number of fused-ring (bicyclic) bond motifs is 4. The molecule has 41 radical (unpaired) electrons. The van der Waals surface area contributed by atoms with Crippen LogP contribution in [0.3, 0.4) is 0 Å². The molecule has 343 valence electrons. The minimum atomic E-state index is -1.28. The number of aryl methyl sites for hydroxylation is 7. The van der Waals surface area contributed by atoms with Crippen LogP contribution in [0, 0.1) is 104 Å². The normalized spacial score (nSPS) is 11.2. The molecule has 0 bridgehead atoms. The van der Waals surface area contributed by atoms with Crippen LogP contribution in [0.5, 0.6) is 0 Å². The van der Waals surface area contributed by atoms with Crippen LogP contribution in [0.4, 0.5) is 0 Å². The van der Waals surface area contributed by atoms with Crippen molar-refractivity contribution in [2.45, 2.75) is 104 Å². The van der Waals surface area contributed by atoms with Crippen molar-refractivity contribution in [3.63, 3.8) is 0 Å². The summed E-state index contributed by atoms with van der Waals surface area (Å²) in [5, 5.41) is 7.42. The van der Waals surface area contributed by atoms with Crippen molar-refractivity contribution < 1.29 is 0 Å². The molecule has 83 heavy (non-hydrogen) atoms. The third-order valence-corrected chi connectivity index (χ3v) is 19.8. The third-order valence-electron chi connectivity index (χ3n) is 19.8. The summed E-state index contributed by atoms with van der Waals surface area (Å²) < 4.78 is 0. The van der Waals surface area contributed by atoms with E-state index in [-0.39, 0.29) is 10.9 Å². The highest BCUT2D eigenvalue weighted by molar-refractivity contribution is 7.91. The molecule has 0 saturated carbocycles. The Labute approximate surface area is 532 Å². The first-order chi connectivity index (χ1) is 38.7. The molecule has 0 nitrogen and oxygen atoms in total. The fourth-order valence-corrected chi connectivity index (χ4v) is 14.3. The van der Waals surface area contributed by atoms with Crippen molar-refractivity contribution in [2.24, 2.45) is 0 Å². The molecule has 0 spiro atoms. The lowest BCUT2D eigenvalue weighted by molar-refractivity contribution is 1.22. The number of benzene rings is 7. The topological polar surface area (TPSA) is 0 Å². The zero-order valence-corrected chi connectivity index (χ0v) is 51.6. The molecule has 0 aromatic heterocycles. The molecule has 7 aromatic rings. The average Bonchev–Trinajstić information content (AvgIpc) is 3.60. The molecule has 7 aromatic carbocycles. The lowest BCUT2D eigenvalue weighted by atomic mass is 8.65. The van der Waals surface area contributed by atoms with Gasteiger partial charge < -0.3 is 0 Å². The quantitative estimate of drug-likeness (QED) is 0.0603. The summed E-state index contributed by atoms with van der Waals surface area (Å²) in [7, 11) is 132. The van der Waals surface area contributed by atoms with E-state index in [1.54, 1.807) is 0 Å². The molecular formula is C49H45B34. The second-order valence-corrected chi connectivity index (χ2v) is 23.8. The Morgan fingerprint density at radius 2 is 0.639 bits per heavy atom. The largest absolute Gasteiger partial charge is 0.113 e. The number of hydrogen-bond acceptors (Lipinski definition) is 0. The Hall–Kier alpha value is -2.21. The zero-order chi connectivity index (χ0) is 62.5. The Bertz CT molecular complexity index is 3750. The summed E-state index contributed by atoms with van der Waals surface area (Å²) in [6, 6.07) is 0. The molecule has 0 saturated heterocycles. The third kappa shape index (κ3) is 10.8. The summed E-state index contributed by atoms with van der Waals surface area (Å²) in [5.41, 5.74) is 23.3. The van der Waals surface area contributed by atoms with Crippen molar-refractivity contribution in [2.75, 3.05) is 0 Å². The Balaban J connectivity index is 2.05. The van der Waals surface area contributed by atoms with E-state index in [4.69, 9.17) is 139 Å². The zero-order valence-electron chi connectivity index (χ0n) is 51.6. The van der Waals surface area contributed by atoms with Crippen molar-refractivity contribution in [1.82, 2.24) is 0 Å². The van der Waals surface area contributed by atoms with Gasteiger partial charge in [0.1, 0.15) is 7.85 Å². The maximum absolute atomic E-state index is 7.97. The highest BCUT2D eigenvalue weighted by Crippen LogP contribution is 2.53. The van der Waals surface area contributed by atoms with E-state index in [0.29, 0.717) is 43.6 Å². The van der Waals surface area contributed by atoms with Gasteiger partial charge in [-0.25, -0.2) is 0 Å². The maximum atomic E-state index is 7.97. The van der Waals surface area contributed by atoms with Gasteiger partial charge in [0.25, 0.3) is 0 Å². The van der Waals surface area contributed by atoms with Crippen LogP contribution < -0.4 is 38.2 Å². The van der Waals surface area contributed by atoms with Gasteiger partial charge in [-0.05, 0) is 253 Å². The van der Waals surface area contributed by atoms with Crippen LogP contribution in [0.15, 0.2) is 0 Å². The summed E-state index contributed by atoms with van der Waals surface area (Å²) in [6.45, 7) is 27.6. The smallest absolute Gasteiger partial charge is 0.113 e. The first-order valence-corrected chi connectivity index (χ1v) is 28.5. The van der Waals surface area contributed by atoms with Gasteiger partial charge in [-0.3, -0.25) is 0 Å². The van der Waals surface area contributed by atoms with E-state index in [2.05, 4.69) is 104 Å². The van der Waals surface area contributed by atoms with Crippen LogP contribution in [0.1, 0.15) is 83.5 Å². The number of hydrogen-bond donors (Lipinski definition) is 0. The standard InChI is InChI=1S/C49H45B34/c1-16-18(3)25(10)33-31(22(16)7)24(9)20(5)27(12)35(33)39-34-26(11)19(4)17(2)23(8)32(34)30(15)38-36(39)28(13)21(6)29(14)37(38)41-44(68-51)43(50)40-42(45(41)73(56)69-52)46(74(57)78(58)59)48(75(70-53)79(60)61)49(77(81(64)65)83(67)72-55)47(40)76(80(62)63)82(66)71-54/h1-15H3. The highest BCUT2D eigenvalue weighted by Gasteiger charge is 2.43. The number of rotatable bonds is 18. The van der Waals surface area contributed by atoms with Crippen molar-refractivity contribution in [1.29, 1.82) is 0 Å². The Kier molecular flexibility index (Phi) is 21.5. The predicted octanol–water partition coefficient (Wildman–Crippen LogP) is -4.47. The minimum Gasteiger partial charge on any atom is -0.113 e. The van der Waals surface area contributed by atoms with E-state index >= 15 is 0 Å². The summed E-state index contributed by atoms with van der Waals surface area (Å²) in [5.74, 6) is 0. The van der Waals surface area contributed by atoms with E-state index < -0.39 is 70.8 Å². The van der Waals surface area contributed by atoms with E-state index in [1.165, 1.54) is 113 Å². The molecule has 0 fully saturated rings. The second-order valence-electron chi connectivity index (χ2n) is 23.8. The van der Waals surface area contributed by atoms with Crippen molar-refractivity contribution in [3.8, 4) is 22.3 Å². The molecule has 0 aliphatic rings. The fourth-order valence-electron chi connectivity index (χ4n) is 14.3. The highest BCUT2D eigenvalue weighted by atomic mass is 14.3. The van der Waals surface area contributed by atoms with Gasteiger partial charge in [0.15, 0.2) is 0 Å². The summed E-state index contributed by atoms with van der Waals surface area (Å²) in [6.07, 6.45) is -7.18. The van der Waals surface area contributed by atoms with Crippen LogP contribution in [-0.2, 0) is 0 Å². The Morgan fingerprint density at radius 1 is 0.277 bits per heavy atom. The first-order valence-electron chi connectivity index (χ1n) is 28.5. The maximum Gasteiger partial charge on any atom is 0.113 e. The molecule has 0 N–H and O–H groups in total. The van der Waals surface area contributed by atoms with Gasteiger partial charge in [-0.15, -0.1) is 10.9 Å². The minimum absolute atomic E-state index is 0.137. The molecule has 0 unspecified atom stereocenters. The van der Waals surface area contributed by atoms with Gasteiger partial charge in [0, 0.05) is 198 Å². The predicted molar refractivity (Wildman–Crippen MR) is 411 cm³/mol. The summed E-state index contributed by atoms with van der Waals surface area (Å²) >= 11 is 0. The SMILES string of the molecule is [B][B]B([B])B(B([B])[B])c1c(B([B][B])B([B])[B])c(B([B])B([B])[B])c2c(B([B])[B][B])c(-c3c(C)c(C)c(C)c4c(-c5c(C)c(C)c(C)c6c(C)c(C)c(C)c(C)c56)c5c(C)c(C)c(C)c(C)c5c(C)c34)c([B][B])c([B])c2c1B(B([B])[B])B([B])[B][B]. The van der Waals surface area contributed by atoms with E-state index in [1.807, 2.05) is 0 Å². The second kappa shape index (κ2) is 26.1. The van der Waals surface area contributed by atoms with Gasteiger partial charge in [-0.2, -0.15) is 0 Å². The van der Waals surface area contributed by atoms with Crippen molar-refractivity contribution in [3.05, 3.63) is 83.5 Å². The Morgan fingerprint density at radius 3 is 1.01 bits per heavy atom. The van der Waals surface area contributed by atoms with E-state index in [0.717, 1.165) is 55.1 Å². The van der Waals surface area contributed by atoms with Crippen LogP contribution in [0.25, 0.3) is 65.3 Å². The molecule has 0 aliphatic heterocycles. The monoisotopic (exact) mass is 1010 g/mol. The van der Waals surface area contributed by atoms with Gasteiger partial charge in [0.2, 0.25) is 0 Å². The molecule has 7 rings (SSSR count). The molecule has 0 aliphatic carbocycles. The van der Waals surface area contributed by atoms with Crippen LogP contribution in [0.2, 0.25) is 0 Å². The fraction of sp³-hybridized carbons (Fsp3) is 0.306. The van der Waals surface area contributed by atoms with Gasteiger partial charge in [-0.1, -0.05) is 27.3 Å². The van der Waals surface area contributed by atoms with Gasteiger partial charge >= 0.3 is 0 Å². The lowest BCUT2D eigenvalue weighted by Crippen LogP contribution is -2.80. The van der Waals surface area contributed by atoms with Crippen LogP contribution >= 0.6 is 0 Å². The average molecular weight is 1000 g/mol. The molecule has 34 heteroatoms. The van der Waals surface area contributed by atoms with Crippen LogP contribution in [-0.4, -0.2) is 246 Å². The molecule has 0 heterocycles. The first kappa shape index (κ1) is 68.3. The summed E-state index contributed by atoms with van der Waals surface area (Å²) in [4.78, 5) is 0. The molecule has 0 atom stereocenters. The molecular weight excluding hydrogens is 956 g/mol. The lowest BCUT2D eigenvalue weighted by Gasteiger charge is -2.43. The van der Waals surface area contributed by atoms with E-state index in [9.17, 15) is 0 Å². The van der Waals surface area contributed by atoms with Crippen molar-refractivity contribution >= 4 is 327 Å². The van der Waals surface area contributed by atoms with Gasteiger partial charge in [0.05, 0.1) is 39.6 Å². The molecule has 0 amide bonds.